The van der Waals surface area contributed by atoms with Crippen LogP contribution in [0.3, 0.4) is 0 Å². The lowest BCUT2D eigenvalue weighted by molar-refractivity contribution is 0.365. The van der Waals surface area contributed by atoms with Crippen molar-refractivity contribution in [2.75, 3.05) is 26.4 Å². The van der Waals surface area contributed by atoms with Crippen LogP contribution in [0.15, 0.2) is 83.4 Å². The van der Waals surface area contributed by atoms with Gasteiger partial charge in [-0.1, -0.05) is 93.3 Å². The molecule has 2 saturated heterocycles. The molecule has 0 atom stereocenters. The molecule has 6 heteroatoms. The van der Waals surface area contributed by atoms with E-state index in [-0.39, 0.29) is 14.2 Å². The lowest BCUT2D eigenvalue weighted by atomic mass is 9.69. The molecule has 0 saturated carbocycles. The number of rotatable bonds is 10. The molecule has 0 amide bonds. The standard InChI is InChI=1S/C33H34B2O4/c1-3-5-7-9-11-13-19-33(20-14-12-10-8-6-4-2)31-25-27(34-36-21-22-37-34)15-17-29(31)30-18-16-28(26-32(30)33)35-38-23-24-39-35/h15-19,25-26H,1,4,6,8,10,12,14,20-24H2,2H3. The van der Waals surface area contributed by atoms with Crippen molar-refractivity contribution in [3.63, 3.8) is 0 Å². The molecule has 0 bridgehead atoms. The van der Waals surface area contributed by atoms with Crippen molar-refractivity contribution in [1.82, 2.24) is 0 Å². The van der Waals surface area contributed by atoms with E-state index < -0.39 is 5.41 Å². The Morgan fingerprint density at radius 1 is 0.744 bits per heavy atom. The zero-order valence-corrected chi connectivity index (χ0v) is 22.8. The topological polar surface area (TPSA) is 36.9 Å². The first-order valence-corrected chi connectivity index (χ1v) is 14.1. The van der Waals surface area contributed by atoms with Gasteiger partial charge in [0, 0.05) is 5.41 Å². The summed E-state index contributed by atoms with van der Waals surface area (Å²) in [6.07, 6.45) is 10.5. The first-order chi connectivity index (χ1) is 19.3. The van der Waals surface area contributed by atoms with Crippen LogP contribution in [0.4, 0.5) is 0 Å². The monoisotopic (exact) mass is 516 g/mol. The van der Waals surface area contributed by atoms with Crippen molar-refractivity contribution in [2.24, 2.45) is 0 Å². The van der Waals surface area contributed by atoms with Crippen molar-refractivity contribution in [2.45, 2.75) is 57.3 Å². The van der Waals surface area contributed by atoms with Crippen LogP contribution in [-0.4, -0.2) is 40.7 Å². The molecule has 0 unspecified atom stereocenters. The van der Waals surface area contributed by atoms with E-state index in [2.05, 4.69) is 90.4 Å². The number of allylic oxidation sites excluding steroid dienone is 1. The Kier molecular flexibility index (Phi) is 9.32. The summed E-state index contributed by atoms with van der Waals surface area (Å²) in [6, 6.07) is 13.2. The van der Waals surface area contributed by atoms with E-state index in [0.29, 0.717) is 26.4 Å². The average molecular weight is 516 g/mol. The van der Waals surface area contributed by atoms with Crippen LogP contribution < -0.4 is 10.9 Å². The minimum atomic E-state index is -0.397. The largest absolute Gasteiger partial charge is 0.494 e. The quantitative estimate of drug-likeness (QED) is 0.244. The lowest BCUT2D eigenvalue weighted by Crippen LogP contribution is -2.34. The average Bonchev–Trinajstić information content (AvgIpc) is 3.74. The third-order valence-corrected chi connectivity index (χ3v) is 7.72. The summed E-state index contributed by atoms with van der Waals surface area (Å²) < 4.78 is 23.5. The van der Waals surface area contributed by atoms with E-state index in [9.17, 15) is 0 Å². The Hall–Kier alpha value is -3.17. The molecule has 196 valence electrons. The number of benzene rings is 2. The van der Waals surface area contributed by atoms with Crippen LogP contribution >= 0.6 is 0 Å². The Morgan fingerprint density at radius 3 is 1.85 bits per heavy atom. The number of unbranched alkanes of at least 4 members (excludes halogenated alkanes) is 5. The van der Waals surface area contributed by atoms with E-state index in [1.165, 1.54) is 54.4 Å². The van der Waals surface area contributed by atoms with Gasteiger partial charge in [0.15, 0.2) is 0 Å². The predicted octanol–water partition coefficient (Wildman–Crippen LogP) is 5.30. The second kappa shape index (κ2) is 13.3. The molecular formula is C33H34B2O4. The minimum Gasteiger partial charge on any atom is -0.405 e. The Balaban J connectivity index is 1.64. The van der Waals surface area contributed by atoms with Gasteiger partial charge < -0.3 is 18.6 Å². The highest BCUT2D eigenvalue weighted by atomic mass is 16.6. The highest BCUT2D eigenvalue weighted by Gasteiger charge is 2.43. The van der Waals surface area contributed by atoms with Gasteiger partial charge >= 0.3 is 14.2 Å². The molecule has 39 heavy (non-hydrogen) atoms. The van der Waals surface area contributed by atoms with Gasteiger partial charge in [-0.05, 0) is 75.2 Å². The SMILES string of the molecule is C=C=C=C=C=C=C=CC1(CCCCCCCC)c2cc(B3OCCO3)ccc2-c2ccc(B3OCCO3)cc21. The van der Waals surface area contributed by atoms with E-state index in [1.807, 2.05) is 0 Å². The fraction of sp³-hybridized carbons (Fsp3) is 0.394. The van der Waals surface area contributed by atoms with Gasteiger partial charge in [0.25, 0.3) is 0 Å². The van der Waals surface area contributed by atoms with Crippen LogP contribution in [0, 0.1) is 0 Å². The van der Waals surface area contributed by atoms with Crippen molar-refractivity contribution in [3.05, 3.63) is 94.6 Å². The lowest BCUT2D eigenvalue weighted by Gasteiger charge is -2.29. The number of fused-ring (bicyclic) bond motifs is 3. The predicted molar refractivity (Wildman–Crippen MR) is 157 cm³/mol. The van der Waals surface area contributed by atoms with Crippen molar-refractivity contribution in [3.8, 4) is 11.1 Å². The van der Waals surface area contributed by atoms with E-state index in [0.717, 1.165) is 23.8 Å². The van der Waals surface area contributed by atoms with Crippen LogP contribution in [0.1, 0.15) is 63.0 Å². The summed E-state index contributed by atoms with van der Waals surface area (Å²) in [5.74, 6) is 0. The van der Waals surface area contributed by atoms with Gasteiger partial charge in [0.05, 0.1) is 26.4 Å². The second-order valence-electron chi connectivity index (χ2n) is 10.2. The van der Waals surface area contributed by atoms with Gasteiger partial charge in [-0.15, -0.1) is 0 Å². The Labute approximate surface area is 233 Å². The molecule has 2 aliphatic heterocycles. The fourth-order valence-corrected chi connectivity index (χ4v) is 5.85. The summed E-state index contributed by atoms with van der Waals surface area (Å²) in [5.41, 5.74) is 23.7. The van der Waals surface area contributed by atoms with Crippen LogP contribution in [0.25, 0.3) is 11.1 Å². The molecular weight excluding hydrogens is 482 g/mol. The molecule has 0 aromatic heterocycles. The maximum Gasteiger partial charge on any atom is 0.494 e. The minimum absolute atomic E-state index is 0.334. The van der Waals surface area contributed by atoms with E-state index in [1.54, 1.807) is 0 Å². The molecule has 2 aromatic carbocycles. The molecule has 0 radical (unpaired) electrons. The maximum atomic E-state index is 5.87. The second-order valence-corrected chi connectivity index (χ2v) is 10.2. The number of hydrogen-bond donors (Lipinski definition) is 0. The molecule has 2 aromatic rings. The zero-order valence-electron chi connectivity index (χ0n) is 22.8. The maximum absolute atomic E-state index is 5.87. The summed E-state index contributed by atoms with van der Waals surface area (Å²) >= 11 is 0. The molecule has 1 aliphatic carbocycles. The van der Waals surface area contributed by atoms with Gasteiger partial charge in [-0.25, -0.2) is 0 Å². The molecule has 5 rings (SSSR count). The third kappa shape index (κ3) is 6.04. The molecule has 2 heterocycles. The van der Waals surface area contributed by atoms with Crippen LogP contribution in [0.2, 0.25) is 0 Å². The molecule has 0 spiro atoms. The Bertz CT molecular complexity index is 1350. The third-order valence-electron chi connectivity index (χ3n) is 7.72. The molecule has 4 nitrogen and oxygen atoms in total. The molecule has 3 aliphatic rings. The van der Waals surface area contributed by atoms with Crippen molar-refractivity contribution < 1.29 is 18.6 Å². The van der Waals surface area contributed by atoms with Gasteiger partial charge in [-0.3, -0.25) is 0 Å². The first kappa shape index (κ1) is 27.4. The summed E-state index contributed by atoms with van der Waals surface area (Å²) in [5, 5.41) is 0. The summed E-state index contributed by atoms with van der Waals surface area (Å²) in [6.45, 7) is 8.22. The van der Waals surface area contributed by atoms with Crippen LogP contribution in [-0.2, 0) is 24.0 Å². The van der Waals surface area contributed by atoms with Gasteiger partial charge in [0.2, 0.25) is 0 Å². The van der Waals surface area contributed by atoms with E-state index in [4.69, 9.17) is 18.6 Å². The van der Waals surface area contributed by atoms with Crippen molar-refractivity contribution >= 4 is 25.2 Å². The first-order valence-electron chi connectivity index (χ1n) is 14.1. The van der Waals surface area contributed by atoms with E-state index >= 15 is 0 Å². The highest BCUT2D eigenvalue weighted by Crippen LogP contribution is 2.52. The Morgan fingerprint density at radius 2 is 1.28 bits per heavy atom. The smallest absolute Gasteiger partial charge is 0.405 e. The summed E-state index contributed by atoms with van der Waals surface area (Å²) in [7, 11) is -0.667. The van der Waals surface area contributed by atoms with Crippen molar-refractivity contribution in [1.29, 1.82) is 0 Å². The highest BCUT2D eigenvalue weighted by molar-refractivity contribution is 6.62. The van der Waals surface area contributed by atoms with Crippen LogP contribution in [0.5, 0.6) is 0 Å². The normalized spacial score (nSPS) is 16.3. The fourth-order valence-electron chi connectivity index (χ4n) is 5.85. The molecule has 2 fully saturated rings. The molecule has 0 N–H and O–H groups in total. The van der Waals surface area contributed by atoms with Gasteiger partial charge in [-0.2, -0.15) is 0 Å². The zero-order chi connectivity index (χ0) is 26.9. The van der Waals surface area contributed by atoms with Gasteiger partial charge in [0.1, 0.15) is 0 Å². The summed E-state index contributed by atoms with van der Waals surface area (Å²) in [4.78, 5) is 0. The number of hydrogen-bond acceptors (Lipinski definition) is 4.